The minimum Gasteiger partial charge on any atom is -0.455 e. The molecule has 0 atom stereocenters. The van der Waals surface area contributed by atoms with E-state index in [2.05, 4.69) is 20.8 Å². The van der Waals surface area contributed by atoms with Gasteiger partial charge in [0.15, 0.2) is 5.75 Å². The van der Waals surface area contributed by atoms with Crippen LogP contribution in [0.4, 0.5) is 5.69 Å². The SMILES string of the molecule is CCn1nnnc1SCC(=O)Nc1ccccc1Oc1ccc(C)cc1. The van der Waals surface area contributed by atoms with Gasteiger partial charge in [-0.25, -0.2) is 4.68 Å². The van der Waals surface area contributed by atoms with E-state index in [9.17, 15) is 4.79 Å². The summed E-state index contributed by atoms with van der Waals surface area (Å²) in [4.78, 5) is 12.3. The molecule has 0 saturated heterocycles. The van der Waals surface area contributed by atoms with Gasteiger partial charge in [0.2, 0.25) is 11.1 Å². The lowest BCUT2D eigenvalue weighted by Gasteiger charge is -2.12. The van der Waals surface area contributed by atoms with E-state index in [-0.39, 0.29) is 11.7 Å². The van der Waals surface area contributed by atoms with Crippen molar-refractivity contribution >= 4 is 23.4 Å². The Morgan fingerprint density at radius 3 is 2.73 bits per heavy atom. The smallest absolute Gasteiger partial charge is 0.234 e. The molecule has 3 aromatic rings. The number of benzene rings is 2. The Morgan fingerprint density at radius 1 is 1.19 bits per heavy atom. The molecule has 1 N–H and O–H groups in total. The largest absolute Gasteiger partial charge is 0.455 e. The number of nitrogens with zero attached hydrogens (tertiary/aromatic N) is 4. The number of nitrogens with one attached hydrogen (secondary N) is 1. The zero-order chi connectivity index (χ0) is 18.4. The van der Waals surface area contributed by atoms with E-state index in [1.165, 1.54) is 11.8 Å². The van der Waals surface area contributed by atoms with E-state index in [0.29, 0.717) is 28.9 Å². The van der Waals surface area contributed by atoms with E-state index in [4.69, 9.17) is 4.74 Å². The van der Waals surface area contributed by atoms with Gasteiger partial charge in [-0.1, -0.05) is 41.6 Å². The van der Waals surface area contributed by atoms with Crippen molar-refractivity contribution in [3.8, 4) is 11.5 Å². The summed E-state index contributed by atoms with van der Waals surface area (Å²) in [6.45, 7) is 4.62. The van der Waals surface area contributed by atoms with Gasteiger partial charge >= 0.3 is 0 Å². The van der Waals surface area contributed by atoms with Crippen LogP contribution >= 0.6 is 11.8 Å². The molecule has 0 spiro atoms. The van der Waals surface area contributed by atoms with Gasteiger partial charge in [-0.3, -0.25) is 4.79 Å². The lowest BCUT2D eigenvalue weighted by atomic mass is 10.2. The predicted octanol–water partition coefficient (Wildman–Crippen LogP) is 3.52. The molecular weight excluding hydrogens is 350 g/mol. The molecule has 0 aliphatic rings. The fourth-order valence-electron chi connectivity index (χ4n) is 2.21. The van der Waals surface area contributed by atoms with E-state index in [0.717, 1.165) is 5.56 Å². The first-order valence-electron chi connectivity index (χ1n) is 8.18. The minimum absolute atomic E-state index is 0.152. The van der Waals surface area contributed by atoms with Crippen LogP contribution in [0.25, 0.3) is 0 Å². The maximum Gasteiger partial charge on any atom is 0.234 e. The molecule has 7 nitrogen and oxygen atoms in total. The second-order valence-corrected chi connectivity index (χ2v) is 6.47. The lowest BCUT2D eigenvalue weighted by Crippen LogP contribution is -2.15. The average Bonchev–Trinajstić information content (AvgIpc) is 3.11. The number of tetrazole rings is 1. The Balaban J connectivity index is 1.64. The number of rotatable bonds is 7. The number of hydrogen-bond acceptors (Lipinski definition) is 6. The first-order valence-corrected chi connectivity index (χ1v) is 9.16. The van der Waals surface area contributed by atoms with E-state index in [1.54, 1.807) is 4.68 Å². The van der Waals surface area contributed by atoms with Gasteiger partial charge in [0.25, 0.3) is 0 Å². The van der Waals surface area contributed by atoms with Crippen LogP contribution in [-0.4, -0.2) is 31.9 Å². The van der Waals surface area contributed by atoms with Gasteiger partial charge < -0.3 is 10.1 Å². The molecule has 1 amide bonds. The average molecular weight is 369 g/mol. The molecule has 0 fully saturated rings. The Kier molecular flexibility index (Phi) is 5.85. The van der Waals surface area contributed by atoms with Crippen LogP contribution in [0.15, 0.2) is 53.7 Å². The zero-order valence-electron chi connectivity index (χ0n) is 14.5. The van der Waals surface area contributed by atoms with Crippen LogP contribution in [0.1, 0.15) is 12.5 Å². The molecule has 134 valence electrons. The van der Waals surface area contributed by atoms with Crippen molar-refractivity contribution in [3.05, 3.63) is 54.1 Å². The normalized spacial score (nSPS) is 10.5. The Morgan fingerprint density at radius 2 is 1.96 bits per heavy atom. The number of thioether (sulfide) groups is 1. The van der Waals surface area contributed by atoms with E-state index >= 15 is 0 Å². The first-order chi connectivity index (χ1) is 12.7. The van der Waals surface area contributed by atoms with Crippen LogP contribution in [0, 0.1) is 6.92 Å². The number of carbonyl (C=O) groups excluding carboxylic acids is 1. The maximum atomic E-state index is 12.3. The van der Waals surface area contributed by atoms with E-state index in [1.807, 2.05) is 62.4 Å². The Bertz CT molecular complexity index is 879. The summed E-state index contributed by atoms with van der Waals surface area (Å²) < 4.78 is 7.54. The highest BCUT2D eigenvalue weighted by Crippen LogP contribution is 2.29. The maximum absolute atomic E-state index is 12.3. The van der Waals surface area contributed by atoms with Crippen LogP contribution in [-0.2, 0) is 11.3 Å². The third-order valence-corrected chi connectivity index (χ3v) is 4.50. The molecule has 1 heterocycles. The minimum atomic E-state index is -0.152. The number of hydrogen-bond donors (Lipinski definition) is 1. The van der Waals surface area contributed by atoms with Gasteiger partial charge in [0.05, 0.1) is 11.4 Å². The van der Waals surface area contributed by atoms with Gasteiger partial charge in [0, 0.05) is 6.54 Å². The monoisotopic (exact) mass is 369 g/mol. The van der Waals surface area contributed by atoms with Crippen molar-refractivity contribution in [2.75, 3.05) is 11.1 Å². The summed E-state index contributed by atoms with van der Waals surface area (Å²) in [6, 6.07) is 15.1. The van der Waals surface area contributed by atoms with Gasteiger partial charge in [-0.15, -0.1) is 5.10 Å². The number of aromatic nitrogens is 4. The summed E-state index contributed by atoms with van der Waals surface area (Å²) >= 11 is 1.29. The van der Waals surface area contributed by atoms with Gasteiger partial charge in [-0.2, -0.15) is 0 Å². The molecule has 2 aromatic carbocycles. The number of aryl methyl sites for hydroxylation is 2. The molecule has 3 rings (SSSR count). The topological polar surface area (TPSA) is 81.9 Å². The van der Waals surface area contributed by atoms with Crippen molar-refractivity contribution in [1.82, 2.24) is 20.2 Å². The first kappa shape index (κ1) is 17.9. The van der Waals surface area contributed by atoms with Crippen LogP contribution in [0.5, 0.6) is 11.5 Å². The van der Waals surface area contributed by atoms with Crippen LogP contribution in [0.2, 0.25) is 0 Å². The summed E-state index contributed by atoms with van der Waals surface area (Å²) in [5.74, 6) is 1.36. The molecule has 8 heteroatoms. The van der Waals surface area contributed by atoms with Gasteiger partial charge in [0.1, 0.15) is 5.75 Å². The number of para-hydroxylation sites is 2. The summed E-state index contributed by atoms with van der Waals surface area (Å²) in [5, 5.41) is 14.9. The second-order valence-electron chi connectivity index (χ2n) is 5.53. The zero-order valence-corrected chi connectivity index (χ0v) is 15.4. The van der Waals surface area contributed by atoms with Crippen molar-refractivity contribution in [2.24, 2.45) is 0 Å². The summed E-state index contributed by atoms with van der Waals surface area (Å²) in [5.41, 5.74) is 1.78. The predicted molar refractivity (Wildman–Crippen MR) is 101 cm³/mol. The van der Waals surface area contributed by atoms with Crippen molar-refractivity contribution < 1.29 is 9.53 Å². The van der Waals surface area contributed by atoms with Crippen LogP contribution < -0.4 is 10.1 Å². The number of anilines is 1. The molecule has 0 radical (unpaired) electrons. The molecule has 0 bridgehead atoms. The highest BCUT2D eigenvalue weighted by Gasteiger charge is 2.11. The molecule has 0 saturated carbocycles. The second kappa shape index (κ2) is 8.48. The molecule has 26 heavy (non-hydrogen) atoms. The van der Waals surface area contributed by atoms with E-state index < -0.39 is 0 Å². The highest BCUT2D eigenvalue weighted by molar-refractivity contribution is 7.99. The van der Waals surface area contributed by atoms with Crippen molar-refractivity contribution in [2.45, 2.75) is 25.5 Å². The summed E-state index contributed by atoms with van der Waals surface area (Å²) in [6.07, 6.45) is 0. The molecular formula is C18H19N5O2S. The molecule has 1 aromatic heterocycles. The quantitative estimate of drug-likeness (QED) is 0.642. The lowest BCUT2D eigenvalue weighted by molar-refractivity contribution is -0.113. The van der Waals surface area contributed by atoms with Crippen molar-refractivity contribution in [3.63, 3.8) is 0 Å². The fourth-order valence-corrected chi connectivity index (χ4v) is 2.95. The molecule has 0 unspecified atom stereocenters. The van der Waals surface area contributed by atoms with Gasteiger partial charge in [-0.05, 0) is 48.5 Å². The fraction of sp³-hybridized carbons (Fsp3) is 0.222. The number of amides is 1. The Labute approximate surface area is 155 Å². The Hall–Kier alpha value is -2.87. The highest BCUT2D eigenvalue weighted by atomic mass is 32.2. The third-order valence-electron chi connectivity index (χ3n) is 3.54. The van der Waals surface area contributed by atoms with Crippen molar-refractivity contribution in [1.29, 1.82) is 0 Å². The molecule has 0 aliphatic heterocycles. The third kappa shape index (κ3) is 4.60. The standard InChI is InChI=1S/C18H19N5O2S/c1-3-23-18(20-21-22-23)26-12-17(24)19-15-6-4-5-7-16(15)25-14-10-8-13(2)9-11-14/h4-11H,3,12H2,1-2H3,(H,19,24). The molecule has 0 aliphatic carbocycles. The number of ether oxygens (including phenoxy) is 1. The number of carbonyl (C=O) groups is 1. The summed E-state index contributed by atoms with van der Waals surface area (Å²) in [7, 11) is 0. The van der Waals surface area contributed by atoms with Crippen LogP contribution in [0.3, 0.4) is 0 Å².